The molecule has 0 saturated carbocycles. The van der Waals surface area contributed by atoms with Gasteiger partial charge in [0.25, 0.3) is 0 Å². The van der Waals surface area contributed by atoms with Crippen LogP contribution in [-0.2, 0) is 16.1 Å². The minimum atomic E-state index is -0.878. The molecule has 1 unspecified atom stereocenters. The number of carboxylic acids is 1. The van der Waals surface area contributed by atoms with Gasteiger partial charge in [0.15, 0.2) is 11.6 Å². The molecule has 0 aromatic heterocycles. The van der Waals surface area contributed by atoms with E-state index in [4.69, 9.17) is 14.6 Å². The van der Waals surface area contributed by atoms with Crippen LogP contribution in [0.15, 0.2) is 18.2 Å². The molecule has 20 heavy (non-hydrogen) atoms. The first-order valence-electron chi connectivity index (χ1n) is 6.46. The minimum absolute atomic E-state index is 0.00835. The van der Waals surface area contributed by atoms with Crippen molar-refractivity contribution in [2.75, 3.05) is 26.9 Å². The summed E-state index contributed by atoms with van der Waals surface area (Å²) in [7, 11) is 1.42. The molecule has 1 aromatic rings. The summed E-state index contributed by atoms with van der Waals surface area (Å²) in [6, 6.07) is 4.74. The first-order chi connectivity index (χ1) is 9.61. The van der Waals surface area contributed by atoms with E-state index in [0.717, 1.165) is 0 Å². The van der Waals surface area contributed by atoms with Gasteiger partial charge in [0.2, 0.25) is 0 Å². The maximum Gasteiger partial charge on any atom is 0.305 e. The molecule has 1 aliphatic heterocycles. The van der Waals surface area contributed by atoms with Crippen molar-refractivity contribution in [1.82, 2.24) is 4.90 Å². The fraction of sp³-hybridized carbons (Fsp3) is 0.500. The van der Waals surface area contributed by atoms with Gasteiger partial charge in [-0.2, -0.15) is 0 Å². The predicted octanol–water partition coefficient (Wildman–Crippen LogP) is 1.51. The Morgan fingerprint density at radius 2 is 2.40 bits per heavy atom. The van der Waals surface area contributed by atoms with Gasteiger partial charge < -0.3 is 14.6 Å². The van der Waals surface area contributed by atoms with Crippen LogP contribution in [0.5, 0.6) is 5.75 Å². The Bertz CT molecular complexity index is 480. The average molecular weight is 283 g/mol. The maximum absolute atomic E-state index is 14.1. The monoisotopic (exact) mass is 283 g/mol. The molecule has 0 bridgehead atoms. The summed E-state index contributed by atoms with van der Waals surface area (Å²) in [5.74, 6) is -1.07. The third kappa shape index (κ3) is 3.46. The lowest BCUT2D eigenvalue weighted by Gasteiger charge is -2.34. The number of carboxylic acid groups (broad SMARTS) is 1. The largest absolute Gasteiger partial charge is 0.494 e. The molecule has 2 rings (SSSR count). The summed E-state index contributed by atoms with van der Waals surface area (Å²) in [5.41, 5.74) is 0.502. The van der Waals surface area contributed by atoms with E-state index in [9.17, 15) is 9.18 Å². The number of halogens is 1. The molecule has 1 saturated heterocycles. The predicted molar refractivity (Wildman–Crippen MR) is 70.2 cm³/mol. The second kappa shape index (κ2) is 6.67. The molecular formula is C14H18FNO4. The van der Waals surface area contributed by atoms with E-state index >= 15 is 0 Å². The smallest absolute Gasteiger partial charge is 0.305 e. The van der Waals surface area contributed by atoms with Gasteiger partial charge in [0.05, 0.1) is 26.7 Å². The summed E-state index contributed by atoms with van der Waals surface area (Å²) >= 11 is 0. The van der Waals surface area contributed by atoms with Gasteiger partial charge in [-0.3, -0.25) is 9.69 Å². The molecule has 1 aliphatic rings. The van der Waals surface area contributed by atoms with Crippen LogP contribution in [-0.4, -0.2) is 48.9 Å². The van der Waals surface area contributed by atoms with Gasteiger partial charge in [-0.1, -0.05) is 12.1 Å². The van der Waals surface area contributed by atoms with E-state index in [2.05, 4.69) is 0 Å². The van der Waals surface area contributed by atoms with Crippen molar-refractivity contribution in [1.29, 1.82) is 0 Å². The van der Waals surface area contributed by atoms with Crippen molar-refractivity contribution in [3.05, 3.63) is 29.6 Å². The van der Waals surface area contributed by atoms with Gasteiger partial charge in [-0.15, -0.1) is 0 Å². The van der Waals surface area contributed by atoms with Crippen molar-refractivity contribution in [3.63, 3.8) is 0 Å². The molecule has 1 atom stereocenters. The lowest BCUT2D eigenvalue weighted by Crippen LogP contribution is -2.46. The zero-order valence-corrected chi connectivity index (χ0v) is 11.3. The highest BCUT2D eigenvalue weighted by atomic mass is 19.1. The fourth-order valence-electron chi connectivity index (χ4n) is 2.34. The first kappa shape index (κ1) is 14.7. The Kier molecular flexibility index (Phi) is 4.92. The van der Waals surface area contributed by atoms with E-state index in [1.54, 1.807) is 18.2 Å². The second-order valence-electron chi connectivity index (χ2n) is 4.73. The van der Waals surface area contributed by atoms with Crippen molar-refractivity contribution in [2.24, 2.45) is 0 Å². The van der Waals surface area contributed by atoms with E-state index in [-0.39, 0.29) is 18.2 Å². The molecule has 1 N–H and O–H groups in total. The van der Waals surface area contributed by atoms with Gasteiger partial charge in [0, 0.05) is 24.7 Å². The third-order valence-corrected chi connectivity index (χ3v) is 3.40. The zero-order valence-electron chi connectivity index (χ0n) is 11.3. The number of hydrogen-bond acceptors (Lipinski definition) is 4. The second-order valence-corrected chi connectivity index (χ2v) is 4.73. The standard InChI is InChI=1S/C14H18FNO4/c1-19-12-4-2-3-10(14(12)15)8-16-5-6-20-9-11(16)7-13(17)18/h2-4,11H,5-9H2,1H3,(H,17,18). The Balaban J connectivity index is 2.12. The molecular weight excluding hydrogens is 265 g/mol. The van der Waals surface area contributed by atoms with Crippen LogP contribution in [0.25, 0.3) is 0 Å². The van der Waals surface area contributed by atoms with Crippen LogP contribution < -0.4 is 4.74 Å². The maximum atomic E-state index is 14.1. The lowest BCUT2D eigenvalue weighted by atomic mass is 10.1. The van der Waals surface area contributed by atoms with Crippen LogP contribution in [0, 0.1) is 5.82 Å². The number of rotatable bonds is 5. The highest BCUT2D eigenvalue weighted by Crippen LogP contribution is 2.23. The molecule has 5 nitrogen and oxygen atoms in total. The zero-order chi connectivity index (χ0) is 14.5. The van der Waals surface area contributed by atoms with Crippen LogP contribution >= 0.6 is 0 Å². The highest BCUT2D eigenvalue weighted by molar-refractivity contribution is 5.67. The van der Waals surface area contributed by atoms with Gasteiger partial charge in [-0.05, 0) is 6.07 Å². The van der Waals surface area contributed by atoms with Crippen molar-refractivity contribution in [3.8, 4) is 5.75 Å². The van der Waals surface area contributed by atoms with Gasteiger partial charge in [0.1, 0.15) is 0 Å². The fourth-order valence-corrected chi connectivity index (χ4v) is 2.34. The van der Waals surface area contributed by atoms with E-state index in [1.165, 1.54) is 7.11 Å². The normalized spacial score (nSPS) is 19.8. The molecule has 110 valence electrons. The minimum Gasteiger partial charge on any atom is -0.494 e. The summed E-state index contributed by atoms with van der Waals surface area (Å²) in [6.07, 6.45) is -0.00835. The lowest BCUT2D eigenvalue weighted by molar-refractivity contribution is -0.140. The Hall–Kier alpha value is -1.66. The van der Waals surface area contributed by atoms with Crippen molar-refractivity contribution in [2.45, 2.75) is 19.0 Å². The van der Waals surface area contributed by atoms with Gasteiger partial charge in [-0.25, -0.2) is 4.39 Å². The van der Waals surface area contributed by atoms with Gasteiger partial charge >= 0.3 is 5.97 Å². The summed E-state index contributed by atoms with van der Waals surface area (Å²) in [5, 5.41) is 8.91. The van der Waals surface area contributed by atoms with E-state index < -0.39 is 11.8 Å². The number of nitrogens with zero attached hydrogens (tertiary/aromatic N) is 1. The number of benzene rings is 1. The molecule has 6 heteroatoms. The van der Waals surface area contributed by atoms with Crippen molar-refractivity contribution >= 4 is 5.97 Å². The number of hydrogen-bond donors (Lipinski definition) is 1. The molecule has 0 amide bonds. The van der Waals surface area contributed by atoms with Crippen LogP contribution in [0.1, 0.15) is 12.0 Å². The Labute approximate surface area is 116 Å². The molecule has 0 aliphatic carbocycles. The first-order valence-corrected chi connectivity index (χ1v) is 6.46. The molecule has 0 radical (unpaired) electrons. The SMILES string of the molecule is COc1cccc(CN2CCOCC2CC(=O)O)c1F. The Morgan fingerprint density at radius 3 is 3.10 bits per heavy atom. The Morgan fingerprint density at radius 1 is 1.60 bits per heavy atom. The van der Waals surface area contributed by atoms with Crippen LogP contribution in [0.4, 0.5) is 4.39 Å². The van der Waals surface area contributed by atoms with E-state index in [1.807, 2.05) is 4.90 Å². The summed E-state index contributed by atoms with van der Waals surface area (Å²) < 4.78 is 24.4. The summed E-state index contributed by atoms with van der Waals surface area (Å²) in [4.78, 5) is 12.8. The third-order valence-electron chi connectivity index (χ3n) is 3.40. The number of methoxy groups -OCH3 is 1. The highest BCUT2D eigenvalue weighted by Gasteiger charge is 2.26. The van der Waals surface area contributed by atoms with E-state index in [0.29, 0.717) is 31.9 Å². The summed E-state index contributed by atoms with van der Waals surface area (Å²) in [6.45, 7) is 1.83. The molecule has 0 spiro atoms. The topological polar surface area (TPSA) is 59.0 Å². The molecule has 1 heterocycles. The molecule has 1 aromatic carbocycles. The average Bonchev–Trinajstić information content (AvgIpc) is 2.42. The van der Waals surface area contributed by atoms with Crippen LogP contribution in [0.2, 0.25) is 0 Å². The van der Waals surface area contributed by atoms with Crippen LogP contribution in [0.3, 0.4) is 0 Å². The van der Waals surface area contributed by atoms with Crippen molar-refractivity contribution < 1.29 is 23.8 Å². The number of ether oxygens (including phenoxy) is 2. The number of carbonyl (C=O) groups is 1. The number of aliphatic carboxylic acids is 1. The quantitative estimate of drug-likeness (QED) is 0.887. The molecule has 1 fully saturated rings. The number of morpholine rings is 1.